The molecule has 128 valence electrons. The minimum absolute atomic E-state index is 0.142. The van der Waals surface area contributed by atoms with Crippen LogP contribution in [-0.4, -0.2) is 20.8 Å². The molecule has 0 unspecified atom stereocenters. The van der Waals surface area contributed by atoms with E-state index in [1.807, 2.05) is 6.92 Å². The van der Waals surface area contributed by atoms with Crippen molar-refractivity contribution in [3.63, 3.8) is 0 Å². The molecule has 0 aliphatic carbocycles. The third kappa shape index (κ3) is 3.72. The molecule has 0 fully saturated rings. The quantitative estimate of drug-likeness (QED) is 0.905. The van der Waals surface area contributed by atoms with Crippen molar-refractivity contribution in [3.05, 3.63) is 47.3 Å². The largest absolute Gasteiger partial charge is 0.334 e. The van der Waals surface area contributed by atoms with Gasteiger partial charge in [0.15, 0.2) is 5.82 Å². The van der Waals surface area contributed by atoms with Gasteiger partial charge in [0.05, 0.1) is 6.04 Å². The first kappa shape index (κ1) is 16.4. The fourth-order valence-corrected chi connectivity index (χ4v) is 2.96. The van der Waals surface area contributed by atoms with Gasteiger partial charge in [-0.05, 0) is 25.8 Å². The van der Waals surface area contributed by atoms with Crippen molar-refractivity contribution in [1.29, 1.82) is 0 Å². The van der Waals surface area contributed by atoms with Crippen LogP contribution in [0.3, 0.4) is 0 Å². The van der Waals surface area contributed by atoms with Crippen molar-refractivity contribution in [3.8, 4) is 0 Å². The summed E-state index contributed by atoms with van der Waals surface area (Å²) < 4.78 is 15.7. The predicted molar refractivity (Wildman–Crippen MR) is 87.8 cm³/mol. The van der Waals surface area contributed by atoms with Gasteiger partial charge in [-0.25, -0.2) is 9.18 Å². The molecule has 1 aromatic carbocycles. The highest BCUT2D eigenvalue weighted by Gasteiger charge is 2.20. The van der Waals surface area contributed by atoms with Crippen molar-refractivity contribution in [2.45, 2.75) is 51.7 Å². The fourth-order valence-electron chi connectivity index (χ4n) is 2.96. The molecule has 24 heavy (non-hydrogen) atoms. The Morgan fingerprint density at radius 3 is 2.96 bits per heavy atom. The van der Waals surface area contributed by atoms with Crippen molar-refractivity contribution in [1.82, 2.24) is 25.4 Å². The first-order valence-electron chi connectivity index (χ1n) is 8.35. The highest BCUT2D eigenvalue weighted by molar-refractivity contribution is 5.74. The molecule has 0 bridgehead atoms. The first-order chi connectivity index (χ1) is 11.6. The Labute approximate surface area is 140 Å². The minimum atomic E-state index is -0.350. The molecule has 1 atom stereocenters. The summed E-state index contributed by atoms with van der Waals surface area (Å²) in [5.74, 6) is 1.43. The van der Waals surface area contributed by atoms with Crippen molar-refractivity contribution < 1.29 is 9.18 Å². The summed E-state index contributed by atoms with van der Waals surface area (Å²) in [6.45, 7) is 2.91. The van der Waals surface area contributed by atoms with Crippen molar-refractivity contribution in [2.24, 2.45) is 0 Å². The van der Waals surface area contributed by atoms with Gasteiger partial charge in [0, 0.05) is 25.1 Å². The Morgan fingerprint density at radius 2 is 2.12 bits per heavy atom. The average Bonchev–Trinajstić information content (AvgIpc) is 2.83. The Kier molecular flexibility index (Phi) is 5.08. The lowest BCUT2D eigenvalue weighted by molar-refractivity contribution is 0.236. The maximum atomic E-state index is 13.6. The van der Waals surface area contributed by atoms with Crippen LogP contribution in [-0.2, 0) is 19.5 Å². The monoisotopic (exact) mass is 331 g/mol. The zero-order valence-electron chi connectivity index (χ0n) is 13.8. The number of carbonyl (C=O) groups is 1. The Bertz CT molecular complexity index is 715. The van der Waals surface area contributed by atoms with Crippen molar-refractivity contribution in [2.75, 3.05) is 0 Å². The van der Waals surface area contributed by atoms with Gasteiger partial charge in [-0.2, -0.15) is 0 Å². The Hall–Kier alpha value is -2.44. The van der Waals surface area contributed by atoms with E-state index < -0.39 is 0 Å². The van der Waals surface area contributed by atoms with E-state index in [-0.39, 0.29) is 24.4 Å². The fraction of sp³-hybridized carbons (Fsp3) is 0.471. The number of hydrogen-bond donors (Lipinski definition) is 2. The highest BCUT2D eigenvalue weighted by atomic mass is 19.1. The molecule has 0 saturated heterocycles. The number of aryl methyl sites for hydroxylation is 1. The first-order valence-corrected chi connectivity index (χ1v) is 8.35. The summed E-state index contributed by atoms with van der Waals surface area (Å²) in [5, 5.41) is 14.0. The van der Waals surface area contributed by atoms with E-state index in [1.165, 1.54) is 12.5 Å². The number of hydrogen-bond acceptors (Lipinski definition) is 3. The van der Waals surface area contributed by atoms with Crippen LogP contribution < -0.4 is 10.6 Å². The van der Waals surface area contributed by atoms with E-state index in [1.54, 1.807) is 18.2 Å². The molecule has 3 rings (SSSR count). The maximum absolute atomic E-state index is 13.6. The van der Waals surface area contributed by atoms with Crippen molar-refractivity contribution >= 4 is 6.03 Å². The van der Waals surface area contributed by atoms with Crippen LogP contribution in [0.5, 0.6) is 0 Å². The molecule has 7 heteroatoms. The molecule has 2 N–H and O–H groups in total. The van der Waals surface area contributed by atoms with E-state index in [0.717, 1.165) is 37.5 Å². The Balaban J connectivity index is 1.58. The summed E-state index contributed by atoms with van der Waals surface area (Å²) in [7, 11) is 0. The van der Waals surface area contributed by atoms with Gasteiger partial charge in [0.1, 0.15) is 11.6 Å². The third-order valence-corrected chi connectivity index (χ3v) is 4.27. The molecule has 0 saturated carbocycles. The normalized spacial score (nSPS) is 15.2. The summed E-state index contributed by atoms with van der Waals surface area (Å²) in [5.41, 5.74) is 0.455. The number of benzene rings is 1. The second-order valence-corrected chi connectivity index (χ2v) is 6.08. The predicted octanol–water partition coefficient (Wildman–Crippen LogP) is 2.70. The van der Waals surface area contributed by atoms with Gasteiger partial charge >= 0.3 is 6.03 Å². The lowest BCUT2D eigenvalue weighted by Crippen LogP contribution is -2.37. The molecule has 2 amide bonds. The lowest BCUT2D eigenvalue weighted by atomic mass is 10.2. The number of nitrogens with zero attached hydrogens (tertiary/aromatic N) is 3. The number of halogens is 1. The van der Waals surface area contributed by atoms with E-state index in [0.29, 0.717) is 5.56 Å². The lowest BCUT2D eigenvalue weighted by Gasteiger charge is -2.16. The molecule has 0 spiro atoms. The molecule has 6 nitrogen and oxygen atoms in total. The van der Waals surface area contributed by atoms with Crippen LogP contribution in [0.1, 0.15) is 49.4 Å². The van der Waals surface area contributed by atoms with Gasteiger partial charge in [-0.1, -0.05) is 24.6 Å². The summed E-state index contributed by atoms with van der Waals surface area (Å²) >= 11 is 0. The van der Waals surface area contributed by atoms with Gasteiger partial charge in [-0.15, -0.1) is 10.2 Å². The van der Waals surface area contributed by atoms with E-state index in [4.69, 9.17) is 0 Å². The zero-order chi connectivity index (χ0) is 16.9. The van der Waals surface area contributed by atoms with Crippen LogP contribution >= 0.6 is 0 Å². The standard InChI is InChI=1S/C17H22FN5O/c1-12(16-22-21-15-9-3-2-6-10-23(15)16)20-17(24)19-11-13-7-4-5-8-14(13)18/h4-5,7-8,12H,2-3,6,9-11H2,1H3,(H2,19,20,24)/t12-/m1/s1. The molecule has 1 aliphatic rings. The molecular weight excluding hydrogens is 309 g/mol. The maximum Gasteiger partial charge on any atom is 0.315 e. The van der Waals surface area contributed by atoms with Gasteiger partial charge < -0.3 is 15.2 Å². The topological polar surface area (TPSA) is 71.8 Å². The number of nitrogens with one attached hydrogen (secondary N) is 2. The Morgan fingerprint density at radius 1 is 1.29 bits per heavy atom. The highest BCUT2D eigenvalue weighted by Crippen LogP contribution is 2.18. The second-order valence-electron chi connectivity index (χ2n) is 6.08. The van der Waals surface area contributed by atoms with Gasteiger partial charge in [0.2, 0.25) is 0 Å². The molecule has 2 heterocycles. The van der Waals surface area contributed by atoms with Gasteiger partial charge in [0.25, 0.3) is 0 Å². The number of carbonyl (C=O) groups excluding carboxylic acids is 1. The number of aromatic nitrogens is 3. The van der Waals surface area contributed by atoms with E-state index in [9.17, 15) is 9.18 Å². The number of rotatable bonds is 4. The molecule has 1 aliphatic heterocycles. The van der Waals surface area contributed by atoms with Crippen LogP contribution in [0.2, 0.25) is 0 Å². The van der Waals surface area contributed by atoms with E-state index in [2.05, 4.69) is 25.4 Å². The second kappa shape index (κ2) is 7.42. The number of amides is 2. The summed E-state index contributed by atoms with van der Waals surface area (Å²) in [6, 6.07) is 5.78. The minimum Gasteiger partial charge on any atom is -0.334 e. The number of fused-ring (bicyclic) bond motifs is 1. The molecule has 0 radical (unpaired) electrons. The van der Waals surface area contributed by atoms with Crippen LogP contribution in [0, 0.1) is 5.82 Å². The molecule has 1 aromatic heterocycles. The SMILES string of the molecule is C[C@@H](NC(=O)NCc1ccccc1F)c1nnc2n1CCCCC2. The zero-order valence-corrected chi connectivity index (χ0v) is 13.8. The molecule has 2 aromatic rings. The van der Waals surface area contributed by atoms with E-state index >= 15 is 0 Å². The third-order valence-electron chi connectivity index (χ3n) is 4.27. The smallest absolute Gasteiger partial charge is 0.315 e. The van der Waals surface area contributed by atoms with Crippen LogP contribution in [0.25, 0.3) is 0 Å². The van der Waals surface area contributed by atoms with Gasteiger partial charge in [-0.3, -0.25) is 0 Å². The van der Waals surface area contributed by atoms with Crippen LogP contribution in [0.4, 0.5) is 9.18 Å². The summed E-state index contributed by atoms with van der Waals surface area (Å²) in [6.07, 6.45) is 4.35. The summed E-state index contributed by atoms with van der Waals surface area (Å²) in [4.78, 5) is 12.1. The number of urea groups is 1. The molecular formula is C17H22FN5O. The van der Waals surface area contributed by atoms with Crippen LogP contribution in [0.15, 0.2) is 24.3 Å². The average molecular weight is 331 g/mol.